The Labute approximate surface area is 248 Å². The third-order valence-corrected chi connectivity index (χ3v) is 10.1. The van der Waals surface area contributed by atoms with E-state index >= 15 is 4.39 Å². The van der Waals surface area contributed by atoms with Crippen LogP contribution in [0.1, 0.15) is 43.2 Å². The first-order chi connectivity index (χ1) is 21.0. The summed E-state index contributed by atoms with van der Waals surface area (Å²) < 4.78 is 38.2. The summed E-state index contributed by atoms with van der Waals surface area (Å²) >= 11 is 0. The zero-order valence-electron chi connectivity index (χ0n) is 23.9. The van der Waals surface area contributed by atoms with Crippen molar-refractivity contribution in [3.63, 3.8) is 0 Å². The smallest absolute Gasteiger partial charge is 0.319 e. The van der Waals surface area contributed by atoms with E-state index in [1.165, 1.54) is 18.2 Å². The highest BCUT2D eigenvalue weighted by Crippen LogP contribution is 2.44. The molecule has 7 nitrogen and oxygen atoms in total. The number of halogens is 2. The maximum atomic E-state index is 17.0. The number of terminal acetylenes is 1. The lowest BCUT2D eigenvalue weighted by molar-refractivity contribution is 0.108. The summed E-state index contributed by atoms with van der Waals surface area (Å²) in [5, 5.41) is 15.7. The normalized spacial score (nSPS) is 21.0. The largest absolute Gasteiger partial charge is 0.508 e. The van der Waals surface area contributed by atoms with Crippen LogP contribution in [0.25, 0.3) is 32.8 Å². The van der Waals surface area contributed by atoms with E-state index in [2.05, 4.69) is 21.0 Å². The van der Waals surface area contributed by atoms with Crippen LogP contribution in [0, 0.1) is 24.0 Å². The quantitative estimate of drug-likeness (QED) is 0.323. The maximum Gasteiger partial charge on any atom is 0.319 e. The van der Waals surface area contributed by atoms with Crippen LogP contribution in [-0.4, -0.2) is 70.9 Å². The second-order valence-electron chi connectivity index (χ2n) is 12.4. The Morgan fingerprint density at radius 1 is 1.07 bits per heavy atom. The van der Waals surface area contributed by atoms with E-state index in [-0.39, 0.29) is 40.0 Å². The van der Waals surface area contributed by atoms with Gasteiger partial charge in [0, 0.05) is 42.0 Å². The first-order valence-electron chi connectivity index (χ1n) is 15.3. The van der Waals surface area contributed by atoms with Gasteiger partial charge in [0.15, 0.2) is 5.82 Å². The van der Waals surface area contributed by atoms with Crippen molar-refractivity contribution in [3.8, 4) is 35.2 Å². The molecule has 4 aliphatic heterocycles. The Balaban J connectivity index is 1.34. The highest BCUT2D eigenvalue weighted by atomic mass is 19.1. The van der Waals surface area contributed by atoms with Crippen LogP contribution in [0.3, 0.4) is 0 Å². The van der Waals surface area contributed by atoms with Gasteiger partial charge in [-0.15, -0.1) is 6.42 Å². The molecule has 4 aromatic rings. The molecule has 0 saturated carbocycles. The molecule has 0 spiro atoms. The van der Waals surface area contributed by atoms with Gasteiger partial charge in [-0.3, -0.25) is 4.90 Å². The SMILES string of the molecule is C#Cc1c(F)ccc2cc(O)cc(-c3cc4c5c(nc(OCC67CCCN6CCC7)nc5c3F)N3CCNC[C@H]3CC4)c12. The predicted molar refractivity (Wildman–Crippen MR) is 163 cm³/mol. The van der Waals surface area contributed by atoms with Gasteiger partial charge in [0.1, 0.15) is 29.5 Å². The van der Waals surface area contributed by atoms with Crippen LogP contribution in [0.5, 0.6) is 11.8 Å². The Hall–Kier alpha value is -4.00. The lowest BCUT2D eigenvalue weighted by atomic mass is 9.91. The molecule has 43 heavy (non-hydrogen) atoms. The molecule has 3 fully saturated rings. The second-order valence-corrected chi connectivity index (χ2v) is 12.4. The summed E-state index contributed by atoms with van der Waals surface area (Å²) in [4.78, 5) is 14.5. The summed E-state index contributed by atoms with van der Waals surface area (Å²) in [5.41, 5.74) is 1.66. The number of aromatic hydroxyl groups is 1. The summed E-state index contributed by atoms with van der Waals surface area (Å²) in [6, 6.07) is 7.97. The van der Waals surface area contributed by atoms with Crippen molar-refractivity contribution in [2.45, 2.75) is 50.1 Å². The number of rotatable bonds is 4. The summed E-state index contributed by atoms with van der Waals surface area (Å²) in [6.45, 7) is 5.00. The molecule has 1 aromatic heterocycles. The number of benzene rings is 3. The van der Waals surface area contributed by atoms with Gasteiger partial charge in [0.25, 0.3) is 0 Å². The topological polar surface area (TPSA) is 73.8 Å². The van der Waals surface area contributed by atoms with E-state index in [1.807, 2.05) is 6.07 Å². The van der Waals surface area contributed by atoms with Gasteiger partial charge < -0.3 is 20.1 Å². The van der Waals surface area contributed by atoms with Crippen LogP contribution in [-0.2, 0) is 6.42 Å². The number of piperazine rings is 1. The molecular formula is C34H33F2N5O2. The number of aryl methyl sites for hydroxylation is 1. The fraction of sp³-hybridized carbons (Fsp3) is 0.412. The molecule has 220 valence electrons. The zero-order chi connectivity index (χ0) is 29.3. The summed E-state index contributed by atoms with van der Waals surface area (Å²) in [7, 11) is 0. The summed E-state index contributed by atoms with van der Waals surface area (Å²) in [5.74, 6) is 1.95. The highest BCUT2D eigenvalue weighted by molar-refractivity contribution is 6.05. The monoisotopic (exact) mass is 581 g/mol. The molecule has 8 rings (SSSR count). The summed E-state index contributed by atoms with van der Waals surface area (Å²) in [6.07, 6.45) is 11.7. The van der Waals surface area contributed by atoms with Crippen LogP contribution >= 0.6 is 0 Å². The fourth-order valence-electron chi connectivity index (χ4n) is 8.04. The molecule has 2 N–H and O–H groups in total. The number of aromatic nitrogens is 2. The lowest BCUT2D eigenvalue weighted by Gasteiger charge is -2.36. The lowest BCUT2D eigenvalue weighted by Crippen LogP contribution is -2.51. The van der Waals surface area contributed by atoms with E-state index in [0.717, 1.165) is 70.4 Å². The molecule has 4 aliphatic rings. The van der Waals surface area contributed by atoms with Gasteiger partial charge in [0.05, 0.1) is 11.1 Å². The first kappa shape index (κ1) is 26.6. The van der Waals surface area contributed by atoms with Crippen LogP contribution in [0.4, 0.5) is 14.6 Å². The number of phenols is 1. The molecule has 1 atom stereocenters. The molecule has 0 aliphatic carbocycles. The molecule has 9 heteroatoms. The van der Waals surface area contributed by atoms with Crippen LogP contribution in [0.2, 0.25) is 0 Å². The van der Waals surface area contributed by atoms with E-state index in [4.69, 9.17) is 21.1 Å². The molecular weight excluding hydrogens is 548 g/mol. The fourth-order valence-corrected chi connectivity index (χ4v) is 8.04. The predicted octanol–water partition coefficient (Wildman–Crippen LogP) is 5.15. The van der Waals surface area contributed by atoms with Gasteiger partial charge in [-0.1, -0.05) is 12.0 Å². The van der Waals surface area contributed by atoms with Gasteiger partial charge >= 0.3 is 6.01 Å². The van der Waals surface area contributed by atoms with E-state index in [1.54, 1.807) is 6.07 Å². The molecule has 0 bridgehead atoms. The maximum absolute atomic E-state index is 17.0. The van der Waals surface area contributed by atoms with Gasteiger partial charge in [-0.25, -0.2) is 8.78 Å². The standard InChI is InChI=1S/C34H33F2N5O2/c1-2-24-27(35)8-6-20-15-23(42)17-25(28(20)24)26-16-21-5-7-22-18-37-11-14-41(22)32-29(21)31(30(26)36)38-33(39-32)43-19-34-9-3-12-40(34)13-4-10-34/h1,6,8,15-17,22,37,42H,3-5,7,9-14,18-19H2/t22-/m1/s1. The van der Waals surface area contributed by atoms with Crippen molar-refractivity contribution < 1.29 is 18.6 Å². The molecule has 3 aromatic carbocycles. The second kappa shape index (κ2) is 10.0. The minimum absolute atomic E-state index is 0.00819. The van der Waals surface area contributed by atoms with Crippen molar-refractivity contribution in [1.29, 1.82) is 0 Å². The van der Waals surface area contributed by atoms with Gasteiger partial charge in [0.2, 0.25) is 0 Å². The molecule has 3 saturated heterocycles. The number of anilines is 1. The van der Waals surface area contributed by atoms with Crippen molar-refractivity contribution in [2.75, 3.05) is 44.2 Å². The van der Waals surface area contributed by atoms with Crippen molar-refractivity contribution in [1.82, 2.24) is 20.2 Å². The minimum Gasteiger partial charge on any atom is -0.508 e. The van der Waals surface area contributed by atoms with E-state index < -0.39 is 11.6 Å². The highest BCUT2D eigenvalue weighted by Gasteiger charge is 2.45. The zero-order valence-corrected chi connectivity index (χ0v) is 23.9. The number of ether oxygens (including phenoxy) is 1. The third-order valence-electron chi connectivity index (χ3n) is 10.1. The number of nitrogens with one attached hydrogen (secondary N) is 1. The Morgan fingerprint density at radius 2 is 1.91 bits per heavy atom. The molecule has 5 heterocycles. The first-order valence-corrected chi connectivity index (χ1v) is 15.3. The third kappa shape index (κ3) is 4.15. The van der Waals surface area contributed by atoms with E-state index in [9.17, 15) is 9.50 Å². The van der Waals surface area contributed by atoms with Crippen molar-refractivity contribution in [2.24, 2.45) is 0 Å². The molecule has 0 unspecified atom stereocenters. The number of nitrogens with zero attached hydrogens (tertiary/aromatic N) is 4. The van der Waals surface area contributed by atoms with Gasteiger partial charge in [-0.05, 0) is 92.4 Å². The van der Waals surface area contributed by atoms with Gasteiger partial charge in [-0.2, -0.15) is 9.97 Å². The Kier molecular flexibility index (Phi) is 6.21. The minimum atomic E-state index is -0.571. The van der Waals surface area contributed by atoms with E-state index in [0.29, 0.717) is 40.6 Å². The number of fused-ring (bicyclic) bond motifs is 4. The molecule has 0 radical (unpaired) electrons. The molecule has 0 amide bonds. The Morgan fingerprint density at radius 3 is 2.72 bits per heavy atom. The van der Waals surface area contributed by atoms with Crippen molar-refractivity contribution in [3.05, 3.63) is 53.1 Å². The number of phenolic OH excluding ortho intramolecular Hbond substituents is 1. The van der Waals surface area contributed by atoms with Crippen LogP contribution < -0.4 is 15.0 Å². The average molecular weight is 582 g/mol. The average Bonchev–Trinajstić information content (AvgIpc) is 3.56. The number of hydrogen-bond acceptors (Lipinski definition) is 7. The Bertz CT molecular complexity index is 1830. The number of hydrogen-bond donors (Lipinski definition) is 2. The van der Waals surface area contributed by atoms with Crippen molar-refractivity contribution >= 4 is 27.5 Å². The van der Waals surface area contributed by atoms with Crippen LogP contribution in [0.15, 0.2) is 30.3 Å².